The number of aryl methyl sites for hydroxylation is 1. The van der Waals surface area contributed by atoms with Crippen LogP contribution in [0.4, 0.5) is 19.0 Å². The quantitative estimate of drug-likeness (QED) is 0.168. The van der Waals surface area contributed by atoms with Gasteiger partial charge in [-0.05, 0) is 79.3 Å². The van der Waals surface area contributed by atoms with E-state index in [1.807, 2.05) is 0 Å². The molecule has 2 aliphatic heterocycles. The smallest absolute Gasteiger partial charge is 0.319 e. The lowest BCUT2D eigenvalue weighted by molar-refractivity contribution is 0.0420. The summed E-state index contributed by atoms with van der Waals surface area (Å²) in [5.74, 6) is -1.50. The molecular formula is C38H41F3N8O4. The summed E-state index contributed by atoms with van der Waals surface area (Å²) in [5, 5.41) is 29.7. The van der Waals surface area contributed by atoms with Crippen LogP contribution in [0, 0.1) is 11.6 Å². The zero-order chi connectivity index (χ0) is 37.2. The number of amides is 1. The number of nitrogens with one attached hydrogen (secondary N) is 1. The Morgan fingerprint density at radius 1 is 1.17 bits per heavy atom. The van der Waals surface area contributed by atoms with E-state index in [2.05, 4.69) is 30.3 Å². The largest absolute Gasteiger partial charge is 0.508 e. The van der Waals surface area contributed by atoms with Crippen LogP contribution in [0.2, 0.25) is 0 Å². The Kier molecular flexibility index (Phi) is 8.88. The Bertz CT molecular complexity index is 2240. The first-order valence-electron chi connectivity index (χ1n) is 18.0. The van der Waals surface area contributed by atoms with E-state index in [1.54, 1.807) is 31.8 Å². The van der Waals surface area contributed by atoms with E-state index in [4.69, 9.17) is 4.74 Å². The Morgan fingerprint density at radius 3 is 2.74 bits per heavy atom. The first-order chi connectivity index (χ1) is 25.4. The summed E-state index contributed by atoms with van der Waals surface area (Å²) in [7, 11) is 3.28. The number of ether oxygens (including phenoxy) is 1. The van der Waals surface area contributed by atoms with Crippen molar-refractivity contribution in [3.63, 3.8) is 0 Å². The molecule has 2 saturated heterocycles. The minimum atomic E-state index is -0.972. The highest BCUT2D eigenvalue weighted by atomic mass is 19.1. The molecule has 0 spiro atoms. The third-order valence-electron chi connectivity index (χ3n) is 11.0. The molecule has 5 heterocycles. The summed E-state index contributed by atoms with van der Waals surface area (Å²) in [6.45, 7) is 3.13. The SMILES string of the molecule is CCc1c(F)ccc2cc(O)cc(-c3ncc4c(NCc5cc(C(=O)N(C)C)nn5C5CC(O)C5)nc(OC[C@@]56CCCN5C[C@H](F)C6)nc4c3F)c12. The molecule has 3 fully saturated rings. The molecule has 0 unspecified atom stereocenters. The summed E-state index contributed by atoms with van der Waals surface area (Å²) < 4.78 is 54.5. The van der Waals surface area contributed by atoms with Crippen LogP contribution < -0.4 is 10.1 Å². The van der Waals surface area contributed by atoms with Crippen LogP contribution in [0.5, 0.6) is 11.8 Å². The van der Waals surface area contributed by atoms with Gasteiger partial charge in [0.15, 0.2) is 11.5 Å². The summed E-state index contributed by atoms with van der Waals surface area (Å²) >= 11 is 0. The number of aromatic hydroxyl groups is 1. The van der Waals surface area contributed by atoms with Crippen molar-refractivity contribution in [1.82, 2.24) is 34.5 Å². The second-order valence-corrected chi connectivity index (χ2v) is 14.7. The van der Waals surface area contributed by atoms with Gasteiger partial charge < -0.3 is 25.2 Å². The molecule has 0 bridgehead atoms. The van der Waals surface area contributed by atoms with E-state index in [1.165, 1.54) is 35.4 Å². The van der Waals surface area contributed by atoms with Crippen LogP contribution in [0.3, 0.4) is 0 Å². The molecule has 3 aromatic heterocycles. The molecule has 53 heavy (non-hydrogen) atoms. The minimum absolute atomic E-state index is 0.109. The molecule has 1 amide bonds. The summed E-state index contributed by atoms with van der Waals surface area (Å²) in [5.41, 5.74) is 0.681. The van der Waals surface area contributed by atoms with Gasteiger partial charge in [-0.2, -0.15) is 15.1 Å². The maximum Gasteiger partial charge on any atom is 0.319 e. The fourth-order valence-electron chi connectivity index (χ4n) is 8.25. The second kappa shape index (κ2) is 13.4. The molecule has 3 aliphatic rings. The minimum Gasteiger partial charge on any atom is -0.508 e. The van der Waals surface area contributed by atoms with Gasteiger partial charge in [0.05, 0.1) is 35.3 Å². The molecule has 5 aromatic rings. The van der Waals surface area contributed by atoms with Crippen molar-refractivity contribution in [2.75, 3.05) is 39.1 Å². The number of aromatic nitrogens is 5. The van der Waals surface area contributed by atoms with Crippen molar-refractivity contribution in [1.29, 1.82) is 0 Å². The van der Waals surface area contributed by atoms with E-state index < -0.39 is 29.4 Å². The van der Waals surface area contributed by atoms with E-state index in [0.717, 1.165) is 19.4 Å². The number of hydrogen-bond acceptors (Lipinski definition) is 10. The van der Waals surface area contributed by atoms with Crippen LogP contribution in [-0.2, 0) is 13.0 Å². The predicted octanol–water partition coefficient (Wildman–Crippen LogP) is 5.55. The normalized spacial score (nSPS) is 22.7. The lowest BCUT2D eigenvalue weighted by atomic mass is 9.89. The Morgan fingerprint density at radius 2 is 1.98 bits per heavy atom. The van der Waals surface area contributed by atoms with Crippen molar-refractivity contribution < 1.29 is 32.9 Å². The number of benzene rings is 2. The lowest BCUT2D eigenvalue weighted by Crippen LogP contribution is -2.43. The van der Waals surface area contributed by atoms with Crippen molar-refractivity contribution in [3.05, 3.63) is 65.1 Å². The standard InChI is InChI=1S/C38H41F3N8O4/c1-4-26-29(40)7-6-20-10-24(50)14-27(31(20)26)33-32(41)34-28(17-42-33)35(45-37(44-34)53-19-38-8-5-9-48(38)18-21(39)15-38)43-16-23-13-30(36(52)47(2)3)46-49(23)22-11-25(51)12-22/h6-7,10,13-14,17,21-22,25,50-51H,4-5,8-9,11-12,15-16,18-19H2,1-3H3,(H,43,44,45)/t21-,22?,25?,38+/m1/s1. The number of carbonyl (C=O) groups excluding carboxylic acids is 1. The van der Waals surface area contributed by atoms with Gasteiger partial charge in [-0.25, -0.2) is 13.2 Å². The molecule has 2 atom stereocenters. The number of halogens is 3. The van der Waals surface area contributed by atoms with Gasteiger partial charge >= 0.3 is 6.01 Å². The molecule has 278 valence electrons. The number of aliphatic hydroxyl groups is 1. The number of rotatable bonds is 10. The van der Waals surface area contributed by atoms with Crippen LogP contribution >= 0.6 is 0 Å². The van der Waals surface area contributed by atoms with E-state index >= 15 is 8.78 Å². The lowest BCUT2D eigenvalue weighted by Gasteiger charge is -2.32. The third kappa shape index (κ3) is 6.18. The fourth-order valence-corrected chi connectivity index (χ4v) is 8.25. The van der Waals surface area contributed by atoms with E-state index in [0.29, 0.717) is 54.3 Å². The van der Waals surface area contributed by atoms with Gasteiger partial charge in [0.2, 0.25) is 0 Å². The number of anilines is 1. The monoisotopic (exact) mass is 730 g/mol. The Balaban J connectivity index is 1.22. The van der Waals surface area contributed by atoms with Gasteiger partial charge in [-0.3, -0.25) is 19.4 Å². The van der Waals surface area contributed by atoms with Crippen molar-refractivity contribution >= 4 is 33.4 Å². The number of phenolic OH excluding ortho intramolecular Hbond substituents is 1. The van der Waals surface area contributed by atoms with Gasteiger partial charge in [-0.1, -0.05) is 13.0 Å². The highest BCUT2D eigenvalue weighted by Crippen LogP contribution is 2.42. The molecule has 1 saturated carbocycles. The molecular weight excluding hydrogens is 689 g/mol. The number of pyridine rings is 1. The van der Waals surface area contributed by atoms with Crippen LogP contribution in [0.25, 0.3) is 32.9 Å². The van der Waals surface area contributed by atoms with Crippen molar-refractivity contribution in [3.8, 4) is 23.0 Å². The van der Waals surface area contributed by atoms with Crippen LogP contribution in [0.1, 0.15) is 66.8 Å². The second-order valence-electron chi connectivity index (χ2n) is 14.7. The highest BCUT2D eigenvalue weighted by molar-refractivity contribution is 6.01. The fraction of sp³-hybridized carbons (Fsp3) is 0.447. The van der Waals surface area contributed by atoms with Crippen LogP contribution in [-0.4, -0.2) is 102 Å². The zero-order valence-electron chi connectivity index (χ0n) is 29.7. The average Bonchev–Trinajstić information content (AvgIpc) is 3.80. The number of alkyl halides is 1. The molecule has 0 radical (unpaired) electrons. The summed E-state index contributed by atoms with van der Waals surface area (Å²) in [6, 6.07) is 7.16. The summed E-state index contributed by atoms with van der Waals surface area (Å²) in [6.07, 6.45) is 3.28. The molecule has 8 rings (SSSR count). The highest BCUT2D eigenvalue weighted by Gasteiger charge is 2.49. The third-order valence-corrected chi connectivity index (χ3v) is 11.0. The van der Waals surface area contributed by atoms with E-state index in [-0.39, 0.29) is 70.5 Å². The number of phenols is 1. The number of fused-ring (bicyclic) bond motifs is 3. The average molecular weight is 731 g/mol. The molecule has 3 N–H and O–H groups in total. The van der Waals surface area contributed by atoms with Gasteiger partial charge in [0.1, 0.15) is 41.4 Å². The molecule has 1 aliphatic carbocycles. The first-order valence-corrected chi connectivity index (χ1v) is 18.0. The topological polar surface area (TPSA) is 142 Å². The van der Waals surface area contributed by atoms with Gasteiger partial charge in [0.25, 0.3) is 5.91 Å². The Labute approximate surface area is 303 Å². The maximum absolute atomic E-state index is 17.0. The molecule has 12 nitrogen and oxygen atoms in total. The first kappa shape index (κ1) is 35.0. The van der Waals surface area contributed by atoms with Gasteiger partial charge in [-0.15, -0.1) is 0 Å². The Hall–Kier alpha value is -5.02. The number of aliphatic hydroxyl groups excluding tert-OH is 1. The number of carbonyl (C=O) groups is 1. The van der Waals surface area contributed by atoms with Crippen molar-refractivity contribution in [2.45, 2.75) is 75.8 Å². The van der Waals surface area contributed by atoms with E-state index in [9.17, 15) is 19.4 Å². The molecule has 2 aromatic carbocycles. The zero-order valence-corrected chi connectivity index (χ0v) is 29.7. The number of nitrogens with zero attached hydrogens (tertiary/aromatic N) is 7. The predicted molar refractivity (Wildman–Crippen MR) is 192 cm³/mol. The number of hydrogen-bond donors (Lipinski definition) is 3. The van der Waals surface area contributed by atoms with Crippen molar-refractivity contribution in [2.24, 2.45) is 0 Å². The van der Waals surface area contributed by atoms with Crippen LogP contribution in [0.15, 0.2) is 36.5 Å². The summed E-state index contributed by atoms with van der Waals surface area (Å²) in [4.78, 5) is 30.0. The van der Waals surface area contributed by atoms with Gasteiger partial charge in [0, 0.05) is 38.8 Å². The maximum atomic E-state index is 17.0. The molecule has 15 heteroatoms.